The van der Waals surface area contributed by atoms with E-state index < -0.39 is 0 Å². The lowest BCUT2D eigenvalue weighted by molar-refractivity contribution is -0.111. The summed E-state index contributed by atoms with van der Waals surface area (Å²) in [6, 6.07) is 6.12. The molecule has 2 amide bonds. The summed E-state index contributed by atoms with van der Waals surface area (Å²) in [6.45, 7) is 1.08. The average Bonchev–Trinajstić information content (AvgIpc) is 3.30. The first-order valence-electron chi connectivity index (χ1n) is 10.1. The van der Waals surface area contributed by atoms with E-state index in [1.54, 1.807) is 17.4 Å². The van der Waals surface area contributed by atoms with Crippen LogP contribution in [0.25, 0.3) is 6.08 Å². The first kappa shape index (κ1) is 20.6. The molecule has 0 aliphatic heterocycles. The Morgan fingerprint density at radius 2 is 2.17 bits per heavy atom. The van der Waals surface area contributed by atoms with Crippen LogP contribution >= 0.6 is 22.7 Å². The van der Waals surface area contributed by atoms with Gasteiger partial charge in [0.1, 0.15) is 11.1 Å². The summed E-state index contributed by atoms with van der Waals surface area (Å²) in [5.74, 6) is 0.612. The zero-order valence-electron chi connectivity index (χ0n) is 16.5. The van der Waals surface area contributed by atoms with Crippen LogP contribution in [-0.2, 0) is 22.4 Å². The van der Waals surface area contributed by atoms with Crippen LogP contribution in [0.1, 0.15) is 40.1 Å². The van der Waals surface area contributed by atoms with Gasteiger partial charge in [-0.05, 0) is 67.0 Å². The second-order valence-corrected chi connectivity index (χ2v) is 9.77. The van der Waals surface area contributed by atoms with Crippen LogP contribution in [0.4, 0.5) is 9.80 Å². The van der Waals surface area contributed by atoms with Gasteiger partial charge in [-0.15, -0.1) is 22.7 Å². The fourth-order valence-electron chi connectivity index (χ4n) is 3.49. The topological polar surface area (TPSA) is 91.2 Å². The molecule has 0 radical (unpaired) electrons. The number of rotatable bonds is 7. The largest absolute Gasteiger partial charge is 0.449 e. The van der Waals surface area contributed by atoms with Crippen LogP contribution in [0.15, 0.2) is 23.6 Å². The number of nitrogens with zero attached hydrogens (tertiary/aromatic N) is 1. The van der Waals surface area contributed by atoms with E-state index in [0.29, 0.717) is 29.6 Å². The maximum atomic E-state index is 12.3. The lowest BCUT2D eigenvalue weighted by atomic mass is 9.88. The van der Waals surface area contributed by atoms with Crippen molar-refractivity contribution in [3.05, 3.63) is 44.5 Å². The first-order chi connectivity index (χ1) is 14.6. The van der Waals surface area contributed by atoms with E-state index in [1.165, 1.54) is 30.3 Å². The van der Waals surface area contributed by atoms with Gasteiger partial charge in [0.15, 0.2) is 0 Å². The van der Waals surface area contributed by atoms with Crippen molar-refractivity contribution in [1.82, 2.24) is 5.32 Å². The molecule has 1 atom stereocenters. The van der Waals surface area contributed by atoms with Crippen molar-refractivity contribution < 1.29 is 14.3 Å². The standard InChI is InChI=1S/C22H23N3O3S2/c23-11-18-17-7-5-15(13-28-22(27)24-12-14-3-4-14)10-19(17)30-21(18)25-20(26)8-6-16-2-1-9-29-16/h1-2,6,8-9,14-15H,3-5,7,10,12-13H2,(H,24,27)(H,25,26)/b8-6+. The first-order valence-corrected chi connectivity index (χ1v) is 11.8. The zero-order valence-corrected chi connectivity index (χ0v) is 18.1. The monoisotopic (exact) mass is 441 g/mol. The highest BCUT2D eigenvalue weighted by Crippen LogP contribution is 2.39. The number of alkyl carbamates (subject to hydrolysis) is 1. The molecule has 4 rings (SSSR count). The van der Waals surface area contributed by atoms with Crippen molar-refractivity contribution in [3.63, 3.8) is 0 Å². The van der Waals surface area contributed by atoms with Crippen molar-refractivity contribution in [1.29, 1.82) is 5.26 Å². The number of hydrogen-bond acceptors (Lipinski definition) is 6. The molecule has 0 bridgehead atoms. The Morgan fingerprint density at radius 3 is 2.90 bits per heavy atom. The minimum atomic E-state index is -0.345. The van der Waals surface area contributed by atoms with Crippen molar-refractivity contribution in [2.24, 2.45) is 11.8 Å². The van der Waals surface area contributed by atoms with E-state index in [2.05, 4.69) is 16.7 Å². The highest BCUT2D eigenvalue weighted by atomic mass is 32.1. The lowest BCUT2D eigenvalue weighted by Crippen LogP contribution is -2.29. The van der Waals surface area contributed by atoms with E-state index in [0.717, 1.165) is 34.6 Å². The zero-order chi connectivity index (χ0) is 20.9. The van der Waals surface area contributed by atoms with Gasteiger partial charge in [0, 0.05) is 22.4 Å². The Morgan fingerprint density at radius 1 is 1.30 bits per heavy atom. The molecule has 0 saturated heterocycles. The number of nitriles is 1. The van der Waals surface area contributed by atoms with Crippen LogP contribution in [0, 0.1) is 23.2 Å². The molecule has 0 spiro atoms. The van der Waals surface area contributed by atoms with Crippen LogP contribution in [0.2, 0.25) is 0 Å². The highest BCUT2D eigenvalue weighted by molar-refractivity contribution is 7.16. The molecule has 2 aliphatic rings. The summed E-state index contributed by atoms with van der Waals surface area (Å²) in [5, 5.41) is 17.8. The third-order valence-corrected chi connectivity index (χ3v) is 7.35. The quantitative estimate of drug-likeness (QED) is 0.616. The third-order valence-electron chi connectivity index (χ3n) is 5.34. The molecule has 1 saturated carbocycles. The predicted molar refractivity (Wildman–Crippen MR) is 119 cm³/mol. The van der Waals surface area contributed by atoms with Crippen LogP contribution in [0.5, 0.6) is 0 Å². The van der Waals surface area contributed by atoms with Gasteiger partial charge >= 0.3 is 6.09 Å². The third kappa shape index (κ3) is 5.29. The molecule has 156 valence electrons. The molecule has 1 unspecified atom stereocenters. The van der Waals surface area contributed by atoms with Crippen molar-refractivity contribution in [2.75, 3.05) is 18.5 Å². The Bertz CT molecular complexity index is 984. The van der Waals surface area contributed by atoms with Gasteiger partial charge in [-0.3, -0.25) is 4.79 Å². The van der Waals surface area contributed by atoms with Gasteiger partial charge in [-0.25, -0.2) is 4.79 Å². The van der Waals surface area contributed by atoms with Gasteiger partial charge in [0.05, 0.1) is 12.2 Å². The fourth-order valence-corrected chi connectivity index (χ4v) is 5.43. The van der Waals surface area contributed by atoms with E-state index in [1.807, 2.05) is 17.5 Å². The number of fused-ring (bicyclic) bond motifs is 1. The number of carbonyl (C=O) groups excluding carboxylic acids is 2. The second-order valence-electron chi connectivity index (χ2n) is 7.69. The summed E-state index contributed by atoms with van der Waals surface area (Å²) in [7, 11) is 0. The molecule has 2 N–H and O–H groups in total. The molecule has 2 heterocycles. The maximum Gasteiger partial charge on any atom is 0.407 e. The maximum absolute atomic E-state index is 12.3. The molecule has 6 nitrogen and oxygen atoms in total. The molecule has 0 aromatic carbocycles. The second kappa shape index (κ2) is 9.45. The number of anilines is 1. The Labute approximate surface area is 183 Å². The van der Waals surface area contributed by atoms with Gasteiger partial charge in [0.25, 0.3) is 0 Å². The van der Waals surface area contributed by atoms with Crippen LogP contribution in [0.3, 0.4) is 0 Å². The van der Waals surface area contributed by atoms with Crippen LogP contribution in [-0.4, -0.2) is 25.2 Å². The summed E-state index contributed by atoms with van der Waals surface area (Å²) in [5.41, 5.74) is 1.59. The molecule has 2 aromatic heterocycles. The smallest absolute Gasteiger partial charge is 0.407 e. The van der Waals surface area contributed by atoms with Gasteiger partial charge in [-0.2, -0.15) is 5.26 Å². The number of thiophene rings is 2. The normalized spacial score (nSPS) is 17.9. The lowest BCUT2D eigenvalue weighted by Gasteiger charge is -2.21. The van der Waals surface area contributed by atoms with E-state index >= 15 is 0 Å². The molecule has 1 fully saturated rings. The van der Waals surface area contributed by atoms with Crippen molar-refractivity contribution in [2.45, 2.75) is 32.1 Å². The molecule has 30 heavy (non-hydrogen) atoms. The fraction of sp³-hybridized carbons (Fsp3) is 0.409. The van der Waals surface area contributed by atoms with Gasteiger partial charge in [-0.1, -0.05) is 6.07 Å². The Kier molecular flexibility index (Phi) is 6.50. The molecular formula is C22H23N3O3S2. The number of nitrogens with one attached hydrogen (secondary N) is 2. The summed E-state index contributed by atoms with van der Waals surface area (Å²) in [4.78, 5) is 26.2. The van der Waals surface area contributed by atoms with E-state index in [4.69, 9.17) is 4.74 Å². The van der Waals surface area contributed by atoms with Crippen molar-refractivity contribution in [3.8, 4) is 6.07 Å². The number of ether oxygens (including phenoxy) is 1. The van der Waals surface area contributed by atoms with Gasteiger partial charge < -0.3 is 15.4 Å². The van der Waals surface area contributed by atoms with Crippen LogP contribution < -0.4 is 10.6 Å². The Hall–Kier alpha value is -2.63. The summed E-state index contributed by atoms with van der Waals surface area (Å²) < 4.78 is 5.38. The van der Waals surface area contributed by atoms with Crippen molar-refractivity contribution >= 4 is 45.8 Å². The number of amides is 2. The molecule has 2 aromatic rings. The van der Waals surface area contributed by atoms with E-state index in [-0.39, 0.29) is 17.9 Å². The highest BCUT2D eigenvalue weighted by Gasteiger charge is 2.27. The summed E-state index contributed by atoms with van der Waals surface area (Å²) >= 11 is 3.02. The summed E-state index contributed by atoms with van der Waals surface area (Å²) in [6.07, 6.45) is 7.66. The van der Waals surface area contributed by atoms with E-state index in [9.17, 15) is 14.9 Å². The average molecular weight is 442 g/mol. The minimum Gasteiger partial charge on any atom is -0.449 e. The molecule has 2 aliphatic carbocycles. The SMILES string of the molecule is N#Cc1c(NC(=O)/C=C/c2cccs2)sc2c1CCC(COC(=O)NCC1CC1)C2. The molecular weight excluding hydrogens is 418 g/mol. The minimum absolute atomic E-state index is 0.233. The number of carbonyl (C=O) groups is 2. The predicted octanol–water partition coefficient (Wildman–Crippen LogP) is 4.57. The number of hydrogen-bond donors (Lipinski definition) is 2. The molecule has 8 heteroatoms. The van der Waals surface area contributed by atoms with Gasteiger partial charge in [0.2, 0.25) is 5.91 Å². The Balaban J connectivity index is 1.34.